The first kappa shape index (κ1) is 11.7. The third kappa shape index (κ3) is 1.63. The molecule has 1 aliphatic heterocycles. The summed E-state index contributed by atoms with van der Waals surface area (Å²) >= 11 is 0. The van der Waals surface area contributed by atoms with E-state index in [1.54, 1.807) is 6.92 Å². The van der Waals surface area contributed by atoms with Crippen LogP contribution in [0.5, 0.6) is 11.5 Å². The summed E-state index contributed by atoms with van der Waals surface area (Å²) in [7, 11) is 0. The highest BCUT2D eigenvalue weighted by Crippen LogP contribution is 2.41. The lowest BCUT2D eigenvalue weighted by molar-refractivity contribution is -0.154. The number of carbonyl (C=O) groups is 1. The normalized spacial score (nSPS) is 23.2. The number of hydrogen-bond donors (Lipinski definition) is 3. The Bertz CT molecular complexity index is 516. The first-order valence-electron chi connectivity index (χ1n) is 5.24. The largest absolute Gasteiger partial charge is 0.507 e. The van der Waals surface area contributed by atoms with Gasteiger partial charge in [0.2, 0.25) is 5.79 Å². The van der Waals surface area contributed by atoms with Crippen molar-refractivity contribution in [3.8, 4) is 11.5 Å². The van der Waals surface area contributed by atoms with Crippen molar-refractivity contribution in [3.05, 3.63) is 22.3 Å². The minimum atomic E-state index is -1.61. The van der Waals surface area contributed by atoms with Crippen LogP contribution in [0.3, 0.4) is 0 Å². The van der Waals surface area contributed by atoms with Gasteiger partial charge in [-0.1, -0.05) is 0 Å². The van der Waals surface area contributed by atoms with E-state index in [0.717, 1.165) is 0 Å². The lowest BCUT2D eigenvalue weighted by atomic mass is 9.89. The smallest absolute Gasteiger partial charge is 0.344 e. The molecule has 0 bridgehead atoms. The average molecular weight is 238 g/mol. The second-order valence-electron chi connectivity index (χ2n) is 4.54. The Labute approximate surface area is 98.3 Å². The zero-order valence-corrected chi connectivity index (χ0v) is 9.87. The lowest BCUT2D eigenvalue weighted by Gasteiger charge is -2.31. The maximum absolute atomic E-state index is 11.7. The fourth-order valence-corrected chi connectivity index (χ4v) is 2.11. The minimum absolute atomic E-state index is 0.0318. The molecule has 3 N–H and O–H groups in total. The van der Waals surface area contributed by atoms with Crippen LogP contribution in [-0.2, 0) is 11.2 Å². The van der Waals surface area contributed by atoms with Crippen LogP contribution in [0.25, 0.3) is 0 Å². The summed E-state index contributed by atoms with van der Waals surface area (Å²) in [4.78, 5) is 11.7. The zero-order valence-electron chi connectivity index (χ0n) is 9.87. The molecule has 92 valence electrons. The maximum atomic E-state index is 11.7. The molecular formula is C12H14O5. The van der Waals surface area contributed by atoms with Gasteiger partial charge in [-0.25, -0.2) is 4.79 Å². The van der Waals surface area contributed by atoms with Gasteiger partial charge in [0, 0.05) is 18.9 Å². The van der Waals surface area contributed by atoms with Gasteiger partial charge in [-0.05, 0) is 25.0 Å². The predicted molar refractivity (Wildman–Crippen MR) is 59.0 cm³/mol. The molecule has 1 aromatic carbocycles. The Kier molecular flexibility index (Phi) is 2.32. The van der Waals surface area contributed by atoms with Crippen molar-refractivity contribution >= 4 is 5.97 Å². The number of fused-ring (bicyclic) bond motifs is 1. The topological polar surface area (TPSA) is 87.0 Å². The quantitative estimate of drug-likeness (QED) is 0.590. The summed E-state index contributed by atoms with van der Waals surface area (Å²) in [5.41, 5.74) is 1.17. The van der Waals surface area contributed by atoms with Gasteiger partial charge >= 0.3 is 5.97 Å². The summed E-state index contributed by atoms with van der Waals surface area (Å²) < 4.78 is 4.81. The molecule has 2 rings (SSSR count). The number of phenolic OH excluding ortho intramolecular Hbond substituents is 2. The average Bonchev–Trinajstić information content (AvgIpc) is 2.21. The molecule has 0 unspecified atom stereocenters. The van der Waals surface area contributed by atoms with Crippen LogP contribution in [0, 0.1) is 13.8 Å². The van der Waals surface area contributed by atoms with Crippen molar-refractivity contribution in [1.82, 2.24) is 0 Å². The van der Waals surface area contributed by atoms with Crippen LogP contribution in [-0.4, -0.2) is 27.1 Å². The van der Waals surface area contributed by atoms with Crippen LogP contribution < -0.4 is 0 Å². The van der Waals surface area contributed by atoms with E-state index < -0.39 is 11.8 Å². The van der Waals surface area contributed by atoms with Gasteiger partial charge in [0.1, 0.15) is 17.1 Å². The molecule has 1 aromatic rings. The Balaban J connectivity index is 2.77. The number of ether oxygens (including phenoxy) is 1. The van der Waals surface area contributed by atoms with E-state index in [2.05, 4.69) is 0 Å². The van der Waals surface area contributed by atoms with Crippen molar-refractivity contribution < 1.29 is 24.9 Å². The van der Waals surface area contributed by atoms with Gasteiger partial charge in [0.25, 0.3) is 0 Å². The van der Waals surface area contributed by atoms with E-state index in [4.69, 9.17) is 4.74 Å². The third-order valence-corrected chi connectivity index (χ3v) is 3.08. The number of aromatic hydroxyl groups is 2. The number of carbonyl (C=O) groups excluding carboxylic acids is 1. The first-order chi connectivity index (χ1) is 7.74. The molecule has 0 fully saturated rings. The number of hydrogen-bond acceptors (Lipinski definition) is 5. The molecule has 5 heteroatoms. The minimum Gasteiger partial charge on any atom is -0.507 e. The van der Waals surface area contributed by atoms with Crippen molar-refractivity contribution in [2.45, 2.75) is 33.0 Å². The van der Waals surface area contributed by atoms with Gasteiger partial charge in [-0.3, -0.25) is 0 Å². The fraction of sp³-hybridized carbons (Fsp3) is 0.417. The van der Waals surface area contributed by atoms with Crippen LogP contribution in [0.2, 0.25) is 0 Å². The molecule has 0 saturated carbocycles. The van der Waals surface area contributed by atoms with Gasteiger partial charge < -0.3 is 20.1 Å². The molecule has 1 atom stereocenters. The van der Waals surface area contributed by atoms with Crippen LogP contribution in [0.15, 0.2) is 0 Å². The van der Waals surface area contributed by atoms with Crippen LogP contribution in [0.4, 0.5) is 0 Å². The van der Waals surface area contributed by atoms with E-state index in [0.29, 0.717) is 11.1 Å². The van der Waals surface area contributed by atoms with Crippen molar-refractivity contribution in [3.63, 3.8) is 0 Å². The molecule has 0 aromatic heterocycles. The zero-order chi connectivity index (χ0) is 13.0. The number of benzene rings is 1. The lowest BCUT2D eigenvalue weighted by Crippen LogP contribution is -2.39. The third-order valence-electron chi connectivity index (χ3n) is 3.08. The van der Waals surface area contributed by atoms with Crippen molar-refractivity contribution in [1.29, 1.82) is 0 Å². The van der Waals surface area contributed by atoms with Crippen molar-refractivity contribution in [2.75, 3.05) is 0 Å². The Morgan fingerprint density at radius 3 is 2.35 bits per heavy atom. The molecule has 17 heavy (non-hydrogen) atoms. The monoisotopic (exact) mass is 238 g/mol. The van der Waals surface area contributed by atoms with Crippen molar-refractivity contribution in [2.24, 2.45) is 0 Å². The van der Waals surface area contributed by atoms with E-state index in [1.807, 2.05) is 0 Å². The Morgan fingerprint density at radius 2 is 1.76 bits per heavy atom. The van der Waals surface area contributed by atoms with Gasteiger partial charge in [0.05, 0.1) is 0 Å². The van der Waals surface area contributed by atoms with Gasteiger partial charge in [-0.2, -0.15) is 0 Å². The summed E-state index contributed by atoms with van der Waals surface area (Å²) in [5, 5.41) is 29.4. The summed E-state index contributed by atoms with van der Waals surface area (Å²) in [6, 6.07) is 0. The number of phenols is 2. The predicted octanol–water partition coefficient (Wildman–Crippen LogP) is 1.14. The molecule has 0 radical (unpaired) electrons. The molecule has 1 heterocycles. The van der Waals surface area contributed by atoms with Crippen LogP contribution in [0.1, 0.15) is 34.0 Å². The Hall–Kier alpha value is -1.75. The Morgan fingerprint density at radius 1 is 1.18 bits per heavy atom. The molecule has 0 amide bonds. The summed E-state index contributed by atoms with van der Waals surface area (Å²) in [6.07, 6.45) is 0.0430. The van der Waals surface area contributed by atoms with Crippen LogP contribution >= 0.6 is 0 Å². The highest BCUT2D eigenvalue weighted by atomic mass is 16.7. The first-order valence-corrected chi connectivity index (χ1v) is 5.24. The standard InChI is InChI=1S/C12H14O5/c1-5-7-4-12(3,16)17-11(15)8(7)10(14)6(2)9(5)13/h13-14,16H,4H2,1-3H3/t12-/m0/s1. The molecule has 5 nitrogen and oxygen atoms in total. The molecule has 0 aliphatic carbocycles. The van der Waals surface area contributed by atoms with E-state index in [-0.39, 0.29) is 29.0 Å². The highest BCUT2D eigenvalue weighted by molar-refractivity contribution is 5.97. The molecule has 0 spiro atoms. The second kappa shape index (κ2) is 3.37. The number of aliphatic hydroxyl groups is 1. The van der Waals surface area contributed by atoms with E-state index in [1.165, 1.54) is 13.8 Å². The van der Waals surface area contributed by atoms with E-state index >= 15 is 0 Å². The second-order valence-corrected chi connectivity index (χ2v) is 4.54. The van der Waals surface area contributed by atoms with Gasteiger partial charge in [-0.15, -0.1) is 0 Å². The molecular weight excluding hydrogens is 224 g/mol. The summed E-state index contributed by atoms with van der Waals surface area (Å²) in [6.45, 7) is 4.51. The number of rotatable bonds is 0. The molecule has 0 saturated heterocycles. The van der Waals surface area contributed by atoms with Gasteiger partial charge in [0.15, 0.2) is 0 Å². The summed E-state index contributed by atoms with van der Waals surface area (Å²) in [5.74, 6) is -2.74. The fourth-order valence-electron chi connectivity index (χ4n) is 2.11. The SMILES string of the molecule is Cc1c(O)c(C)c2c(c1O)C(=O)O[C@](C)(O)C2. The van der Waals surface area contributed by atoms with E-state index in [9.17, 15) is 20.1 Å². The highest BCUT2D eigenvalue weighted by Gasteiger charge is 2.38. The number of esters is 1. The number of cyclic esters (lactones) is 1. The maximum Gasteiger partial charge on any atom is 0.344 e. The molecule has 1 aliphatic rings.